The molecular formula is C14H20ClNO3S. The summed E-state index contributed by atoms with van der Waals surface area (Å²) in [6, 6.07) is 7.37. The van der Waals surface area contributed by atoms with Gasteiger partial charge >= 0.3 is 0 Å². The van der Waals surface area contributed by atoms with E-state index in [4.69, 9.17) is 16.3 Å². The molecule has 0 bridgehead atoms. The fraction of sp³-hybridized carbons (Fsp3) is 0.571. The number of nitrogens with zero attached hydrogens (tertiary/aromatic N) is 1. The van der Waals surface area contributed by atoms with Crippen LogP contribution in [0.5, 0.6) is 0 Å². The summed E-state index contributed by atoms with van der Waals surface area (Å²) in [6.45, 7) is 4.64. The van der Waals surface area contributed by atoms with Gasteiger partial charge in [-0.1, -0.05) is 24.3 Å². The van der Waals surface area contributed by atoms with Gasteiger partial charge in [-0.05, 0) is 25.0 Å². The Bertz CT molecular complexity index is 534. The average molecular weight is 318 g/mol. The van der Waals surface area contributed by atoms with Crippen LogP contribution >= 0.6 is 11.6 Å². The molecule has 0 amide bonds. The van der Waals surface area contributed by atoms with Gasteiger partial charge in [0.2, 0.25) is 10.0 Å². The van der Waals surface area contributed by atoms with Crippen LogP contribution in [0, 0.1) is 0 Å². The second-order valence-electron chi connectivity index (χ2n) is 5.28. The highest BCUT2D eigenvalue weighted by Crippen LogP contribution is 2.18. The predicted octanol–water partition coefficient (Wildman–Crippen LogP) is 2.36. The van der Waals surface area contributed by atoms with Crippen LogP contribution in [0.4, 0.5) is 0 Å². The lowest BCUT2D eigenvalue weighted by Gasteiger charge is -2.34. The standard InChI is InChI=1S/C14H20ClNO3S/c1-11-8-16(9-12(2)19-11)20(17,18)10-14-5-3-13(7-15)4-6-14/h3-6,11-12H,7-10H2,1-2H3/t11-,12+. The van der Waals surface area contributed by atoms with Gasteiger partial charge < -0.3 is 4.74 Å². The lowest BCUT2D eigenvalue weighted by atomic mass is 10.2. The monoisotopic (exact) mass is 317 g/mol. The highest BCUT2D eigenvalue weighted by Gasteiger charge is 2.30. The first-order valence-electron chi connectivity index (χ1n) is 6.68. The van der Waals surface area contributed by atoms with Crippen molar-refractivity contribution in [1.29, 1.82) is 0 Å². The Kier molecular flexibility index (Phi) is 5.07. The summed E-state index contributed by atoms with van der Waals surface area (Å²) >= 11 is 5.73. The third kappa shape index (κ3) is 3.95. The van der Waals surface area contributed by atoms with Crippen molar-refractivity contribution >= 4 is 21.6 Å². The van der Waals surface area contributed by atoms with E-state index in [0.717, 1.165) is 11.1 Å². The molecule has 4 nitrogen and oxygen atoms in total. The molecule has 0 aliphatic carbocycles. The topological polar surface area (TPSA) is 46.6 Å². The molecule has 1 heterocycles. The molecule has 0 spiro atoms. The average Bonchev–Trinajstić information content (AvgIpc) is 2.38. The second kappa shape index (κ2) is 6.43. The molecule has 0 unspecified atom stereocenters. The molecular weight excluding hydrogens is 298 g/mol. The van der Waals surface area contributed by atoms with E-state index in [-0.39, 0.29) is 18.0 Å². The molecule has 0 saturated carbocycles. The molecule has 2 atom stereocenters. The van der Waals surface area contributed by atoms with E-state index in [1.54, 1.807) is 0 Å². The number of benzene rings is 1. The fourth-order valence-corrected chi connectivity index (χ4v) is 4.23. The second-order valence-corrected chi connectivity index (χ2v) is 7.52. The van der Waals surface area contributed by atoms with Crippen LogP contribution in [-0.4, -0.2) is 38.0 Å². The van der Waals surface area contributed by atoms with Crippen LogP contribution in [0.15, 0.2) is 24.3 Å². The number of morpholine rings is 1. The van der Waals surface area contributed by atoms with Crippen molar-refractivity contribution in [3.05, 3.63) is 35.4 Å². The minimum Gasteiger partial charge on any atom is -0.373 e. The van der Waals surface area contributed by atoms with E-state index in [1.165, 1.54) is 4.31 Å². The maximum absolute atomic E-state index is 12.4. The lowest BCUT2D eigenvalue weighted by molar-refractivity contribution is -0.0441. The zero-order chi connectivity index (χ0) is 14.8. The van der Waals surface area contributed by atoms with Gasteiger partial charge in [-0.3, -0.25) is 0 Å². The van der Waals surface area contributed by atoms with Gasteiger partial charge in [-0.2, -0.15) is 4.31 Å². The highest BCUT2D eigenvalue weighted by atomic mass is 35.5. The van der Waals surface area contributed by atoms with Crippen LogP contribution in [0.25, 0.3) is 0 Å². The SMILES string of the molecule is C[C@@H]1CN(S(=O)(=O)Cc2ccc(CCl)cc2)C[C@H](C)O1. The normalized spacial score (nSPS) is 24.8. The molecule has 0 radical (unpaired) electrons. The Morgan fingerprint density at radius 3 is 2.15 bits per heavy atom. The van der Waals surface area contributed by atoms with Gasteiger partial charge in [0.25, 0.3) is 0 Å². The van der Waals surface area contributed by atoms with Crippen molar-refractivity contribution in [1.82, 2.24) is 4.31 Å². The zero-order valence-corrected chi connectivity index (χ0v) is 13.3. The van der Waals surface area contributed by atoms with E-state index in [9.17, 15) is 8.42 Å². The third-order valence-electron chi connectivity index (χ3n) is 3.31. The maximum atomic E-state index is 12.4. The molecule has 1 saturated heterocycles. The highest BCUT2D eigenvalue weighted by molar-refractivity contribution is 7.88. The molecule has 1 aliphatic heterocycles. The number of halogens is 1. The van der Waals surface area contributed by atoms with Gasteiger partial charge in [-0.15, -0.1) is 11.6 Å². The summed E-state index contributed by atoms with van der Waals surface area (Å²) in [4.78, 5) is 0. The summed E-state index contributed by atoms with van der Waals surface area (Å²) in [5, 5.41) is 0. The van der Waals surface area contributed by atoms with Crippen LogP contribution in [0.3, 0.4) is 0 Å². The summed E-state index contributed by atoms with van der Waals surface area (Å²) in [7, 11) is -3.30. The number of hydrogen-bond acceptors (Lipinski definition) is 3. The van der Waals surface area contributed by atoms with Crippen LogP contribution < -0.4 is 0 Å². The van der Waals surface area contributed by atoms with Gasteiger partial charge in [-0.25, -0.2) is 8.42 Å². The van der Waals surface area contributed by atoms with Crippen molar-refractivity contribution in [2.75, 3.05) is 13.1 Å². The number of sulfonamides is 1. The third-order valence-corrected chi connectivity index (χ3v) is 5.40. The Morgan fingerprint density at radius 1 is 1.15 bits per heavy atom. The lowest BCUT2D eigenvalue weighted by Crippen LogP contribution is -2.48. The van der Waals surface area contributed by atoms with Crippen molar-refractivity contribution in [3.8, 4) is 0 Å². The molecule has 0 N–H and O–H groups in total. The van der Waals surface area contributed by atoms with Crippen LogP contribution in [0.1, 0.15) is 25.0 Å². The number of rotatable bonds is 4. The van der Waals surface area contributed by atoms with Crippen molar-refractivity contribution in [2.45, 2.75) is 37.7 Å². The number of ether oxygens (including phenoxy) is 1. The fourth-order valence-electron chi connectivity index (χ4n) is 2.38. The summed E-state index contributed by atoms with van der Waals surface area (Å²) in [6.07, 6.45) is -0.126. The van der Waals surface area contributed by atoms with Gasteiger partial charge in [0.15, 0.2) is 0 Å². The molecule has 20 heavy (non-hydrogen) atoms. The van der Waals surface area contributed by atoms with Crippen LogP contribution in [0.2, 0.25) is 0 Å². The van der Waals surface area contributed by atoms with E-state index < -0.39 is 10.0 Å². The first kappa shape index (κ1) is 15.8. The van der Waals surface area contributed by atoms with Crippen molar-refractivity contribution in [3.63, 3.8) is 0 Å². The minimum atomic E-state index is -3.30. The van der Waals surface area contributed by atoms with Gasteiger partial charge in [0, 0.05) is 19.0 Å². The molecule has 2 rings (SSSR count). The summed E-state index contributed by atoms with van der Waals surface area (Å²) in [5.74, 6) is 0.459. The Hall–Kier alpha value is -0.620. The minimum absolute atomic E-state index is 0.0228. The van der Waals surface area contributed by atoms with Crippen LogP contribution in [-0.2, 0) is 26.4 Å². The van der Waals surface area contributed by atoms with E-state index in [1.807, 2.05) is 38.1 Å². The largest absolute Gasteiger partial charge is 0.373 e. The molecule has 0 aromatic heterocycles. The van der Waals surface area contributed by atoms with Gasteiger partial charge in [0.05, 0.1) is 18.0 Å². The summed E-state index contributed by atoms with van der Waals surface area (Å²) < 4.78 is 32.0. The molecule has 1 aliphatic rings. The smallest absolute Gasteiger partial charge is 0.218 e. The first-order valence-corrected chi connectivity index (χ1v) is 8.82. The van der Waals surface area contributed by atoms with E-state index in [2.05, 4.69) is 0 Å². The molecule has 1 aromatic carbocycles. The zero-order valence-electron chi connectivity index (χ0n) is 11.8. The van der Waals surface area contributed by atoms with Crippen molar-refractivity contribution in [2.24, 2.45) is 0 Å². The Balaban J connectivity index is 2.09. The Morgan fingerprint density at radius 2 is 1.65 bits per heavy atom. The maximum Gasteiger partial charge on any atom is 0.218 e. The predicted molar refractivity (Wildman–Crippen MR) is 80.2 cm³/mol. The first-order chi connectivity index (χ1) is 9.40. The number of hydrogen-bond donors (Lipinski definition) is 0. The van der Waals surface area contributed by atoms with Gasteiger partial charge in [0.1, 0.15) is 0 Å². The molecule has 1 aromatic rings. The summed E-state index contributed by atoms with van der Waals surface area (Å²) in [5.41, 5.74) is 1.77. The molecule has 1 fully saturated rings. The quantitative estimate of drug-likeness (QED) is 0.801. The Labute approximate surface area is 125 Å². The number of alkyl halides is 1. The van der Waals surface area contributed by atoms with E-state index >= 15 is 0 Å². The molecule has 112 valence electrons. The van der Waals surface area contributed by atoms with Crippen molar-refractivity contribution < 1.29 is 13.2 Å². The van der Waals surface area contributed by atoms with E-state index in [0.29, 0.717) is 19.0 Å². The molecule has 6 heteroatoms.